The average molecular weight is 403 g/mol. The zero-order valence-corrected chi connectivity index (χ0v) is 15.7. The van der Waals surface area contributed by atoms with Gasteiger partial charge in [-0.15, -0.1) is 0 Å². The molecule has 0 spiro atoms. The van der Waals surface area contributed by atoms with Crippen LogP contribution < -0.4 is 14.2 Å². The van der Waals surface area contributed by atoms with Crippen LogP contribution in [0, 0.1) is 0 Å². The standard InChI is InChI=1S/C21H16Cl2O4/c22-16-8-11-20(19(23)14-16)27-21(24)15-6-9-18(10-7-15)26-13-12-25-17-4-2-1-3-5-17/h1-11,14H,12-13H2. The highest BCUT2D eigenvalue weighted by atomic mass is 35.5. The Kier molecular flexibility index (Phi) is 6.58. The van der Waals surface area contributed by atoms with Gasteiger partial charge in [0.2, 0.25) is 0 Å². The van der Waals surface area contributed by atoms with Crippen LogP contribution in [-0.4, -0.2) is 19.2 Å². The number of esters is 1. The monoisotopic (exact) mass is 402 g/mol. The third-order valence-electron chi connectivity index (χ3n) is 3.55. The summed E-state index contributed by atoms with van der Waals surface area (Å²) in [6.45, 7) is 0.807. The van der Waals surface area contributed by atoms with Crippen LogP contribution in [0.4, 0.5) is 0 Å². The SMILES string of the molecule is O=C(Oc1ccc(Cl)cc1Cl)c1ccc(OCCOc2ccccc2)cc1. The van der Waals surface area contributed by atoms with Crippen molar-refractivity contribution < 1.29 is 19.0 Å². The van der Waals surface area contributed by atoms with E-state index in [2.05, 4.69) is 0 Å². The summed E-state index contributed by atoms with van der Waals surface area (Å²) in [4.78, 5) is 12.2. The van der Waals surface area contributed by atoms with Crippen LogP contribution in [0.5, 0.6) is 17.2 Å². The van der Waals surface area contributed by atoms with E-state index >= 15 is 0 Å². The molecule has 0 bridgehead atoms. The Morgan fingerprint density at radius 2 is 1.41 bits per heavy atom. The van der Waals surface area contributed by atoms with Gasteiger partial charge < -0.3 is 14.2 Å². The summed E-state index contributed by atoms with van der Waals surface area (Å²) in [5, 5.41) is 0.742. The van der Waals surface area contributed by atoms with Crippen LogP contribution in [0.1, 0.15) is 10.4 Å². The van der Waals surface area contributed by atoms with Crippen LogP contribution >= 0.6 is 23.2 Å². The molecule has 0 saturated carbocycles. The minimum absolute atomic E-state index is 0.254. The van der Waals surface area contributed by atoms with Gasteiger partial charge in [-0.25, -0.2) is 4.79 Å². The number of rotatable bonds is 7. The molecule has 0 atom stereocenters. The summed E-state index contributed by atoms with van der Waals surface area (Å²) in [7, 11) is 0. The number of carbonyl (C=O) groups is 1. The van der Waals surface area contributed by atoms with E-state index in [1.54, 1.807) is 36.4 Å². The molecule has 0 amide bonds. The smallest absolute Gasteiger partial charge is 0.343 e. The Labute approximate surface area is 167 Å². The Hall–Kier alpha value is -2.69. The van der Waals surface area contributed by atoms with E-state index in [1.807, 2.05) is 30.3 Å². The molecule has 3 rings (SSSR count). The highest BCUT2D eigenvalue weighted by molar-refractivity contribution is 6.35. The molecular weight excluding hydrogens is 387 g/mol. The first-order valence-corrected chi connectivity index (χ1v) is 8.95. The summed E-state index contributed by atoms with van der Waals surface area (Å²) < 4.78 is 16.4. The molecule has 3 aromatic carbocycles. The lowest BCUT2D eigenvalue weighted by Crippen LogP contribution is -2.10. The summed E-state index contributed by atoms with van der Waals surface area (Å²) in [6, 6.07) is 20.8. The minimum Gasteiger partial charge on any atom is -0.490 e. The number of benzene rings is 3. The van der Waals surface area contributed by atoms with Crippen molar-refractivity contribution in [3.63, 3.8) is 0 Å². The van der Waals surface area contributed by atoms with E-state index in [9.17, 15) is 4.79 Å². The molecule has 138 valence electrons. The predicted molar refractivity (Wildman–Crippen MR) is 105 cm³/mol. The van der Waals surface area contributed by atoms with Gasteiger partial charge in [-0.2, -0.15) is 0 Å². The molecule has 4 nitrogen and oxygen atoms in total. The second-order valence-corrected chi connectivity index (χ2v) is 6.34. The Balaban J connectivity index is 1.49. The van der Waals surface area contributed by atoms with Crippen molar-refractivity contribution in [3.8, 4) is 17.2 Å². The van der Waals surface area contributed by atoms with Gasteiger partial charge in [-0.3, -0.25) is 0 Å². The molecule has 3 aromatic rings. The van der Waals surface area contributed by atoms with E-state index in [1.165, 1.54) is 6.07 Å². The van der Waals surface area contributed by atoms with E-state index in [-0.39, 0.29) is 10.8 Å². The van der Waals surface area contributed by atoms with E-state index in [4.69, 9.17) is 37.4 Å². The highest BCUT2D eigenvalue weighted by Crippen LogP contribution is 2.28. The number of hydrogen-bond acceptors (Lipinski definition) is 4. The fourth-order valence-electron chi connectivity index (χ4n) is 2.24. The normalized spacial score (nSPS) is 10.3. The van der Waals surface area contributed by atoms with Gasteiger partial charge in [0, 0.05) is 5.02 Å². The Bertz CT molecular complexity index is 896. The third kappa shape index (κ3) is 5.64. The summed E-state index contributed by atoms with van der Waals surface area (Å²) in [5.74, 6) is 1.16. The molecule has 0 aliphatic carbocycles. The zero-order chi connectivity index (χ0) is 19.1. The van der Waals surface area contributed by atoms with Crippen molar-refractivity contribution >= 4 is 29.2 Å². The largest absolute Gasteiger partial charge is 0.490 e. The van der Waals surface area contributed by atoms with Crippen LogP contribution in [0.3, 0.4) is 0 Å². The van der Waals surface area contributed by atoms with Crippen molar-refractivity contribution in [1.82, 2.24) is 0 Å². The fourth-order valence-corrected chi connectivity index (χ4v) is 2.69. The molecule has 0 unspecified atom stereocenters. The van der Waals surface area contributed by atoms with E-state index in [0.29, 0.717) is 29.5 Å². The Morgan fingerprint density at radius 3 is 2.04 bits per heavy atom. The number of halogens is 2. The fraction of sp³-hybridized carbons (Fsp3) is 0.0952. The van der Waals surface area contributed by atoms with Crippen molar-refractivity contribution in [1.29, 1.82) is 0 Å². The second kappa shape index (κ2) is 9.31. The topological polar surface area (TPSA) is 44.8 Å². The van der Waals surface area contributed by atoms with Crippen LogP contribution in [-0.2, 0) is 0 Å². The van der Waals surface area contributed by atoms with Gasteiger partial charge in [-0.05, 0) is 54.6 Å². The molecule has 27 heavy (non-hydrogen) atoms. The Morgan fingerprint density at radius 1 is 0.778 bits per heavy atom. The zero-order valence-electron chi connectivity index (χ0n) is 14.2. The van der Waals surface area contributed by atoms with Gasteiger partial charge in [0.05, 0.1) is 10.6 Å². The molecule has 0 aromatic heterocycles. The first-order chi connectivity index (χ1) is 13.1. The van der Waals surface area contributed by atoms with Crippen LogP contribution in [0.25, 0.3) is 0 Å². The van der Waals surface area contributed by atoms with Gasteiger partial charge in [0.15, 0.2) is 0 Å². The molecule has 0 fully saturated rings. The van der Waals surface area contributed by atoms with Gasteiger partial charge in [0.1, 0.15) is 30.5 Å². The number of para-hydroxylation sites is 1. The first kappa shape index (κ1) is 19.1. The maximum Gasteiger partial charge on any atom is 0.343 e. The molecule has 0 saturated heterocycles. The van der Waals surface area contributed by atoms with Crippen molar-refractivity contribution in [3.05, 3.63) is 88.4 Å². The summed E-state index contributed by atoms with van der Waals surface area (Å²) in [5.41, 5.74) is 0.383. The van der Waals surface area contributed by atoms with Crippen molar-refractivity contribution in [2.24, 2.45) is 0 Å². The van der Waals surface area contributed by atoms with Crippen molar-refractivity contribution in [2.45, 2.75) is 0 Å². The number of carbonyl (C=O) groups excluding carboxylic acids is 1. The third-order valence-corrected chi connectivity index (χ3v) is 4.08. The van der Waals surface area contributed by atoms with Crippen LogP contribution in [0.2, 0.25) is 10.0 Å². The lowest BCUT2D eigenvalue weighted by atomic mass is 10.2. The lowest BCUT2D eigenvalue weighted by molar-refractivity contribution is 0.0735. The van der Waals surface area contributed by atoms with Crippen molar-refractivity contribution in [2.75, 3.05) is 13.2 Å². The summed E-state index contributed by atoms with van der Waals surface area (Å²) >= 11 is 11.8. The highest BCUT2D eigenvalue weighted by Gasteiger charge is 2.11. The number of ether oxygens (including phenoxy) is 3. The molecule has 0 heterocycles. The predicted octanol–water partition coefficient (Wildman–Crippen LogP) is 5.67. The van der Waals surface area contributed by atoms with Crippen LogP contribution in [0.15, 0.2) is 72.8 Å². The molecule has 6 heteroatoms. The molecule has 0 aliphatic rings. The van der Waals surface area contributed by atoms with Gasteiger partial charge in [0.25, 0.3) is 0 Å². The quantitative estimate of drug-likeness (QED) is 0.290. The van der Waals surface area contributed by atoms with E-state index in [0.717, 1.165) is 5.75 Å². The maximum absolute atomic E-state index is 12.2. The molecule has 0 radical (unpaired) electrons. The first-order valence-electron chi connectivity index (χ1n) is 8.20. The number of hydrogen-bond donors (Lipinski definition) is 0. The lowest BCUT2D eigenvalue weighted by Gasteiger charge is -2.09. The maximum atomic E-state index is 12.2. The van der Waals surface area contributed by atoms with Gasteiger partial charge >= 0.3 is 5.97 Å². The minimum atomic E-state index is -0.516. The van der Waals surface area contributed by atoms with E-state index < -0.39 is 5.97 Å². The van der Waals surface area contributed by atoms with Gasteiger partial charge in [-0.1, -0.05) is 41.4 Å². The molecular formula is C21H16Cl2O4. The average Bonchev–Trinajstić information content (AvgIpc) is 2.69. The molecule has 0 aliphatic heterocycles. The summed E-state index contributed by atoms with van der Waals surface area (Å²) in [6.07, 6.45) is 0. The second-order valence-electron chi connectivity index (χ2n) is 5.50. The molecule has 0 N–H and O–H groups in total.